The molecular formula is C15H15FN2O2. The number of hydrogen-bond acceptors (Lipinski definition) is 2. The Kier molecular flexibility index (Phi) is 2.40. The molecule has 2 aliphatic rings. The van der Waals surface area contributed by atoms with Crippen LogP contribution in [0.1, 0.15) is 47.8 Å². The zero-order chi connectivity index (χ0) is 13.9. The number of carboxylic acid groups (broad SMARTS) is 1. The summed E-state index contributed by atoms with van der Waals surface area (Å²) in [5, 5.41) is 8.94. The largest absolute Gasteiger partial charge is 0.478 e. The lowest BCUT2D eigenvalue weighted by Crippen LogP contribution is -1.99. The van der Waals surface area contributed by atoms with E-state index < -0.39 is 11.8 Å². The van der Waals surface area contributed by atoms with Gasteiger partial charge in [0.05, 0.1) is 16.6 Å². The topological polar surface area (TPSA) is 66.0 Å². The molecule has 0 saturated heterocycles. The van der Waals surface area contributed by atoms with E-state index >= 15 is 0 Å². The minimum atomic E-state index is -1.26. The highest BCUT2D eigenvalue weighted by molar-refractivity contribution is 5.92. The number of fused-ring (bicyclic) bond motifs is 2. The molecule has 0 aliphatic heterocycles. The maximum absolute atomic E-state index is 13.7. The van der Waals surface area contributed by atoms with Crippen molar-refractivity contribution in [2.75, 3.05) is 0 Å². The lowest BCUT2D eigenvalue weighted by atomic mass is 10.0. The van der Waals surface area contributed by atoms with Crippen molar-refractivity contribution in [1.29, 1.82) is 0 Å². The summed E-state index contributed by atoms with van der Waals surface area (Å²) in [6.07, 6.45) is 5.08. The van der Waals surface area contributed by atoms with E-state index in [1.54, 1.807) is 0 Å². The van der Waals surface area contributed by atoms with E-state index in [0.29, 0.717) is 28.8 Å². The maximum atomic E-state index is 13.7. The molecule has 2 aromatic rings. The molecule has 1 aromatic heterocycles. The first-order valence-corrected chi connectivity index (χ1v) is 7.07. The molecule has 4 nitrogen and oxygen atoms in total. The average Bonchev–Trinajstić information content (AvgIpc) is 3.01. The number of nitrogens with one attached hydrogen (secondary N) is 1. The summed E-state index contributed by atoms with van der Waals surface area (Å²) in [6.45, 7) is 0. The molecule has 2 aliphatic carbocycles. The fourth-order valence-corrected chi connectivity index (χ4v) is 3.77. The number of hydrogen-bond donors (Lipinski definition) is 2. The van der Waals surface area contributed by atoms with Crippen LogP contribution in [0.25, 0.3) is 11.0 Å². The van der Waals surface area contributed by atoms with Crippen LogP contribution in [0.3, 0.4) is 0 Å². The summed E-state index contributed by atoms with van der Waals surface area (Å²) in [4.78, 5) is 18.6. The van der Waals surface area contributed by atoms with Crippen LogP contribution in [0.5, 0.6) is 0 Å². The summed E-state index contributed by atoms with van der Waals surface area (Å²) in [5.41, 5.74) is 0.817. The van der Waals surface area contributed by atoms with Gasteiger partial charge in [0, 0.05) is 12.0 Å². The molecule has 1 heterocycles. The molecule has 2 fully saturated rings. The zero-order valence-corrected chi connectivity index (χ0v) is 10.9. The molecule has 2 saturated carbocycles. The fraction of sp³-hybridized carbons (Fsp3) is 0.467. The number of imidazole rings is 1. The lowest BCUT2D eigenvalue weighted by molar-refractivity contribution is 0.0692. The standard InChI is InChI=1S/C15H15FN2O2/c16-10-6-12-11(5-9(10)15(19)20)17-14(18-12)13-7-3-1-2-4-8(7)13/h5-8,13H,1-4H2,(H,17,18)(H,19,20). The van der Waals surface area contributed by atoms with Crippen LogP contribution in [-0.4, -0.2) is 21.0 Å². The summed E-state index contributed by atoms with van der Waals surface area (Å²) in [6, 6.07) is 2.56. The van der Waals surface area contributed by atoms with Crippen molar-refractivity contribution in [1.82, 2.24) is 9.97 Å². The van der Waals surface area contributed by atoms with Crippen LogP contribution in [0.15, 0.2) is 12.1 Å². The number of H-pyrrole nitrogens is 1. The van der Waals surface area contributed by atoms with Gasteiger partial charge in [-0.1, -0.05) is 12.8 Å². The van der Waals surface area contributed by atoms with E-state index in [-0.39, 0.29) is 5.56 Å². The number of aromatic carboxylic acids is 1. The second-order valence-electron chi connectivity index (χ2n) is 5.91. The zero-order valence-electron chi connectivity index (χ0n) is 10.9. The first kappa shape index (κ1) is 11.9. The van der Waals surface area contributed by atoms with E-state index in [2.05, 4.69) is 9.97 Å². The fourth-order valence-electron chi connectivity index (χ4n) is 3.77. The van der Waals surface area contributed by atoms with Crippen LogP contribution < -0.4 is 0 Å². The van der Waals surface area contributed by atoms with Gasteiger partial charge >= 0.3 is 5.97 Å². The van der Waals surface area contributed by atoms with Crippen LogP contribution in [0.2, 0.25) is 0 Å². The van der Waals surface area contributed by atoms with Gasteiger partial charge in [-0.05, 0) is 30.7 Å². The molecular weight excluding hydrogens is 259 g/mol. The van der Waals surface area contributed by atoms with Crippen molar-refractivity contribution in [2.24, 2.45) is 11.8 Å². The lowest BCUT2D eigenvalue weighted by Gasteiger charge is -2.04. The summed E-state index contributed by atoms with van der Waals surface area (Å²) >= 11 is 0. The second-order valence-corrected chi connectivity index (χ2v) is 5.91. The molecule has 0 radical (unpaired) electrons. The Bertz CT molecular complexity index is 697. The van der Waals surface area contributed by atoms with Gasteiger partial charge < -0.3 is 10.1 Å². The number of aromatic amines is 1. The highest BCUT2D eigenvalue weighted by Crippen LogP contribution is 2.60. The van der Waals surface area contributed by atoms with Gasteiger partial charge in [0.1, 0.15) is 11.6 Å². The Morgan fingerprint density at radius 1 is 1.30 bits per heavy atom. The van der Waals surface area contributed by atoms with Crippen LogP contribution in [-0.2, 0) is 0 Å². The normalized spacial score (nSPS) is 28.4. The van der Waals surface area contributed by atoms with Crippen molar-refractivity contribution < 1.29 is 14.3 Å². The number of benzene rings is 1. The van der Waals surface area contributed by atoms with Gasteiger partial charge in [0.15, 0.2) is 0 Å². The van der Waals surface area contributed by atoms with Gasteiger partial charge in [-0.2, -0.15) is 0 Å². The third kappa shape index (κ3) is 1.65. The van der Waals surface area contributed by atoms with Crippen molar-refractivity contribution >= 4 is 17.0 Å². The number of nitrogens with zero attached hydrogens (tertiary/aromatic N) is 1. The molecule has 0 amide bonds. The van der Waals surface area contributed by atoms with Crippen molar-refractivity contribution in [3.8, 4) is 0 Å². The van der Waals surface area contributed by atoms with Crippen molar-refractivity contribution in [2.45, 2.75) is 31.6 Å². The van der Waals surface area contributed by atoms with Crippen molar-refractivity contribution in [3.05, 3.63) is 29.3 Å². The molecule has 4 rings (SSSR count). The Morgan fingerprint density at radius 3 is 2.65 bits per heavy atom. The Labute approximate surface area is 115 Å². The first-order chi connectivity index (χ1) is 9.65. The van der Waals surface area contributed by atoms with Crippen LogP contribution in [0.4, 0.5) is 4.39 Å². The minimum Gasteiger partial charge on any atom is -0.478 e. The summed E-state index contributed by atoms with van der Waals surface area (Å²) < 4.78 is 13.7. The van der Waals surface area contributed by atoms with Crippen LogP contribution in [0, 0.1) is 17.7 Å². The molecule has 0 spiro atoms. The predicted octanol–water partition coefficient (Wildman–Crippen LogP) is 3.30. The predicted molar refractivity (Wildman–Crippen MR) is 71.2 cm³/mol. The second kappa shape index (κ2) is 4.04. The highest BCUT2D eigenvalue weighted by Gasteiger charge is 2.52. The molecule has 104 valence electrons. The Balaban J connectivity index is 1.74. The van der Waals surface area contributed by atoms with Gasteiger partial charge in [-0.15, -0.1) is 0 Å². The monoisotopic (exact) mass is 274 g/mol. The molecule has 2 N–H and O–H groups in total. The van der Waals surface area contributed by atoms with Gasteiger partial charge in [-0.3, -0.25) is 0 Å². The number of rotatable bonds is 2. The summed E-state index contributed by atoms with van der Waals surface area (Å²) in [5.74, 6) is 0.823. The quantitative estimate of drug-likeness (QED) is 0.883. The number of carbonyl (C=O) groups is 1. The smallest absolute Gasteiger partial charge is 0.338 e. The van der Waals surface area contributed by atoms with Gasteiger partial charge in [0.2, 0.25) is 0 Å². The summed E-state index contributed by atoms with van der Waals surface area (Å²) in [7, 11) is 0. The van der Waals surface area contributed by atoms with E-state index in [0.717, 1.165) is 5.82 Å². The van der Waals surface area contributed by atoms with E-state index in [4.69, 9.17) is 5.11 Å². The minimum absolute atomic E-state index is 0.316. The maximum Gasteiger partial charge on any atom is 0.338 e. The highest BCUT2D eigenvalue weighted by atomic mass is 19.1. The number of halogens is 1. The third-order valence-corrected chi connectivity index (χ3v) is 4.79. The van der Waals surface area contributed by atoms with Crippen LogP contribution >= 0.6 is 0 Å². The van der Waals surface area contributed by atoms with Gasteiger partial charge in [-0.25, -0.2) is 14.2 Å². The van der Waals surface area contributed by atoms with E-state index in [1.807, 2.05) is 0 Å². The third-order valence-electron chi connectivity index (χ3n) is 4.79. The molecule has 1 aromatic carbocycles. The number of carboxylic acids is 1. The molecule has 5 heteroatoms. The Morgan fingerprint density at radius 2 is 2.00 bits per heavy atom. The Hall–Kier alpha value is -1.91. The van der Waals surface area contributed by atoms with Crippen molar-refractivity contribution in [3.63, 3.8) is 0 Å². The average molecular weight is 274 g/mol. The molecule has 0 bridgehead atoms. The number of aromatic nitrogens is 2. The van der Waals surface area contributed by atoms with E-state index in [9.17, 15) is 9.18 Å². The van der Waals surface area contributed by atoms with Gasteiger partial charge in [0.25, 0.3) is 0 Å². The SMILES string of the molecule is O=C(O)c1cc2nc(C3C4CCCCC43)[nH]c2cc1F. The van der Waals surface area contributed by atoms with E-state index in [1.165, 1.54) is 37.8 Å². The first-order valence-electron chi connectivity index (χ1n) is 7.07. The molecule has 20 heavy (non-hydrogen) atoms. The molecule has 2 atom stereocenters. The molecule has 2 unspecified atom stereocenters.